The van der Waals surface area contributed by atoms with Crippen molar-refractivity contribution in [2.75, 3.05) is 31.5 Å². The summed E-state index contributed by atoms with van der Waals surface area (Å²) in [6.07, 6.45) is 5.27. The second-order valence-corrected chi connectivity index (χ2v) is 7.20. The molecule has 0 saturated carbocycles. The van der Waals surface area contributed by atoms with E-state index in [2.05, 4.69) is 44.5 Å². The standard InChI is InChI=1S/C23H25N5O/c29-23(28-14-12-27(13-15-28)18-20-4-2-1-3-5-20)22-7-6-21(17-26-22)25-16-19-8-10-24-11-9-19/h1-11,17,25H,12-16,18H2. The summed E-state index contributed by atoms with van der Waals surface area (Å²) in [7, 11) is 0. The highest BCUT2D eigenvalue weighted by molar-refractivity contribution is 5.92. The van der Waals surface area contributed by atoms with Gasteiger partial charge in [-0.15, -0.1) is 0 Å². The first kappa shape index (κ1) is 19.1. The highest BCUT2D eigenvalue weighted by atomic mass is 16.2. The SMILES string of the molecule is O=C(c1ccc(NCc2ccncc2)cn1)N1CCN(Cc2ccccc2)CC1. The molecule has 0 unspecified atom stereocenters. The Kier molecular flexibility index (Phi) is 6.12. The predicted molar refractivity (Wildman–Crippen MR) is 113 cm³/mol. The van der Waals surface area contributed by atoms with Crippen LogP contribution < -0.4 is 5.32 Å². The molecule has 1 aromatic carbocycles. The van der Waals surface area contributed by atoms with Gasteiger partial charge in [0.1, 0.15) is 5.69 Å². The van der Waals surface area contributed by atoms with Gasteiger partial charge in [0, 0.05) is 51.7 Å². The first-order valence-corrected chi connectivity index (χ1v) is 9.92. The molecule has 3 aromatic rings. The molecule has 0 bridgehead atoms. The summed E-state index contributed by atoms with van der Waals surface area (Å²) in [6.45, 7) is 4.85. The van der Waals surface area contributed by atoms with E-state index in [1.165, 1.54) is 5.56 Å². The van der Waals surface area contributed by atoms with Gasteiger partial charge in [-0.25, -0.2) is 4.98 Å². The summed E-state index contributed by atoms with van der Waals surface area (Å²) < 4.78 is 0. The molecule has 6 nitrogen and oxygen atoms in total. The number of pyridine rings is 2. The van der Waals surface area contributed by atoms with Crippen LogP contribution in [0.4, 0.5) is 5.69 Å². The molecule has 0 radical (unpaired) electrons. The Morgan fingerprint density at radius 1 is 0.897 bits per heavy atom. The van der Waals surface area contributed by atoms with Crippen LogP contribution in [0.3, 0.4) is 0 Å². The maximum atomic E-state index is 12.8. The van der Waals surface area contributed by atoms with Gasteiger partial charge < -0.3 is 10.2 Å². The van der Waals surface area contributed by atoms with Crippen molar-refractivity contribution in [3.63, 3.8) is 0 Å². The van der Waals surface area contributed by atoms with Crippen molar-refractivity contribution >= 4 is 11.6 Å². The zero-order chi connectivity index (χ0) is 19.9. The number of anilines is 1. The quantitative estimate of drug-likeness (QED) is 0.704. The minimum atomic E-state index is 0.00467. The Morgan fingerprint density at radius 2 is 1.66 bits per heavy atom. The van der Waals surface area contributed by atoms with Gasteiger partial charge in [-0.3, -0.25) is 14.7 Å². The van der Waals surface area contributed by atoms with Gasteiger partial charge >= 0.3 is 0 Å². The minimum absolute atomic E-state index is 0.00467. The average Bonchev–Trinajstić information content (AvgIpc) is 2.79. The summed E-state index contributed by atoms with van der Waals surface area (Å²) in [5.41, 5.74) is 3.85. The second-order valence-electron chi connectivity index (χ2n) is 7.20. The number of piperazine rings is 1. The normalized spacial score (nSPS) is 14.6. The number of amides is 1. The molecule has 1 saturated heterocycles. The van der Waals surface area contributed by atoms with Crippen LogP contribution in [0.1, 0.15) is 21.6 Å². The van der Waals surface area contributed by atoms with Gasteiger partial charge in [0.05, 0.1) is 11.9 Å². The van der Waals surface area contributed by atoms with Crippen molar-refractivity contribution in [3.8, 4) is 0 Å². The first-order chi connectivity index (χ1) is 14.3. The van der Waals surface area contributed by atoms with Crippen LogP contribution in [0.15, 0.2) is 73.2 Å². The number of carbonyl (C=O) groups is 1. The number of hydrogen-bond donors (Lipinski definition) is 1. The van der Waals surface area contributed by atoms with Crippen LogP contribution in [0.2, 0.25) is 0 Å². The molecule has 2 aromatic heterocycles. The molecule has 4 rings (SSSR count). The van der Waals surface area contributed by atoms with E-state index in [1.54, 1.807) is 24.7 Å². The van der Waals surface area contributed by atoms with Crippen molar-refractivity contribution in [2.45, 2.75) is 13.1 Å². The zero-order valence-electron chi connectivity index (χ0n) is 16.4. The predicted octanol–water partition coefficient (Wildman–Crippen LogP) is 3.05. The molecule has 1 aliphatic heterocycles. The highest BCUT2D eigenvalue weighted by Crippen LogP contribution is 2.13. The van der Waals surface area contributed by atoms with Crippen LogP contribution in [-0.4, -0.2) is 51.9 Å². The fourth-order valence-corrected chi connectivity index (χ4v) is 3.44. The number of nitrogens with zero attached hydrogens (tertiary/aromatic N) is 4. The molecule has 148 valence electrons. The summed E-state index contributed by atoms with van der Waals surface area (Å²) in [5.74, 6) is 0.00467. The van der Waals surface area contributed by atoms with Crippen molar-refractivity contribution in [2.24, 2.45) is 0 Å². The van der Waals surface area contributed by atoms with E-state index in [1.807, 2.05) is 29.2 Å². The minimum Gasteiger partial charge on any atom is -0.380 e. The van der Waals surface area contributed by atoms with Gasteiger partial charge in [-0.1, -0.05) is 30.3 Å². The number of nitrogens with one attached hydrogen (secondary N) is 1. The molecule has 29 heavy (non-hydrogen) atoms. The van der Waals surface area contributed by atoms with E-state index in [-0.39, 0.29) is 5.91 Å². The third kappa shape index (κ3) is 5.18. The van der Waals surface area contributed by atoms with Crippen LogP contribution in [0.5, 0.6) is 0 Å². The van der Waals surface area contributed by atoms with E-state index in [9.17, 15) is 4.79 Å². The maximum Gasteiger partial charge on any atom is 0.272 e. The van der Waals surface area contributed by atoms with Gasteiger partial charge in [0.2, 0.25) is 0 Å². The topological polar surface area (TPSA) is 61.4 Å². The van der Waals surface area contributed by atoms with Crippen LogP contribution >= 0.6 is 0 Å². The molecule has 6 heteroatoms. The molecular formula is C23H25N5O. The second kappa shape index (κ2) is 9.30. The van der Waals surface area contributed by atoms with Crippen molar-refractivity contribution in [1.29, 1.82) is 0 Å². The molecule has 0 atom stereocenters. The molecule has 1 N–H and O–H groups in total. The molecule has 1 fully saturated rings. The van der Waals surface area contributed by atoms with Crippen molar-refractivity contribution in [1.82, 2.24) is 19.8 Å². The van der Waals surface area contributed by atoms with Gasteiger partial charge in [-0.05, 0) is 35.4 Å². The van der Waals surface area contributed by atoms with Crippen LogP contribution in [-0.2, 0) is 13.1 Å². The summed E-state index contributed by atoms with van der Waals surface area (Å²) in [5, 5.41) is 3.31. The summed E-state index contributed by atoms with van der Waals surface area (Å²) in [6, 6.07) is 18.1. The third-order valence-electron chi connectivity index (χ3n) is 5.14. The lowest BCUT2D eigenvalue weighted by Gasteiger charge is -2.34. The molecule has 1 aliphatic rings. The lowest BCUT2D eigenvalue weighted by Crippen LogP contribution is -2.48. The smallest absolute Gasteiger partial charge is 0.272 e. The fraction of sp³-hybridized carbons (Fsp3) is 0.261. The Morgan fingerprint density at radius 3 is 2.34 bits per heavy atom. The number of hydrogen-bond acceptors (Lipinski definition) is 5. The maximum absolute atomic E-state index is 12.8. The third-order valence-corrected chi connectivity index (χ3v) is 5.14. The Labute approximate surface area is 171 Å². The number of rotatable bonds is 6. The van der Waals surface area contributed by atoms with Crippen LogP contribution in [0.25, 0.3) is 0 Å². The van der Waals surface area contributed by atoms with Crippen molar-refractivity contribution in [3.05, 3.63) is 90.0 Å². The van der Waals surface area contributed by atoms with Gasteiger partial charge in [0.25, 0.3) is 5.91 Å². The lowest BCUT2D eigenvalue weighted by atomic mass is 10.2. The number of benzene rings is 1. The van der Waals surface area contributed by atoms with E-state index in [0.717, 1.165) is 44.0 Å². The average molecular weight is 387 g/mol. The Balaban J connectivity index is 1.27. The molecular weight excluding hydrogens is 362 g/mol. The summed E-state index contributed by atoms with van der Waals surface area (Å²) >= 11 is 0. The van der Waals surface area contributed by atoms with E-state index >= 15 is 0 Å². The monoisotopic (exact) mass is 387 g/mol. The number of aromatic nitrogens is 2. The molecule has 1 amide bonds. The Hall–Kier alpha value is -3.25. The Bertz CT molecular complexity index is 907. The van der Waals surface area contributed by atoms with E-state index < -0.39 is 0 Å². The van der Waals surface area contributed by atoms with Crippen LogP contribution in [0, 0.1) is 0 Å². The van der Waals surface area contributed by atoms with Gasteiger partial charge in [-0.2, -0.15) is 0 Å². The highest BCUT2D eigenvalue weighted by Gasteiger charge is 2.22. The molecule has 0 spiro atoms. The lowest BCUT2D eigenvalue weighted by molar-refractivity contribution is 0.0623. The molecule has 3 heterocycles. The van der Waals surface area contributed by atoms with E-state index in [0.29, 0.717) is 12.2 Å². The van der Waals surface area contributed by atoms with E-state index in [4.69, 9.17) is 0 Å². The largest absolute Gasteiger partial charge is 0.380 e. The number of carbonyl (C=O) groups excluding carboxylic acids is 1. The first-order valence-electron chi connectivity index (χ1n) is 9.92. The van der Waals surface area contributed by atoms with Gasteiger partial charge in [0.15, 0.2) is 0 Å². The van der Waals surface area contributed by atoms with Crippen molar-refractivity contribution < 1.29 is 4.79 Å². The molecule has 0 aliphatic carbocycles. The fourth-order valence-electron chi connectivity index (χ4n) is 3.44. The summed E-state index contributed by atoms with van der Waals surface area (Å²) in [4.78, 5) is 25.4. The zero-order valence-corrected chi connectivity index (χ0v) is 16.4.